The number of rotatable bonds is 8. The van der Waals surface area contributed by atoms with Gasteiger partial charge in [0, 0.05) is 11.8 Å². The van der Waals surface area contributed by atoms with Crippen LogP contribution in [0.1, 0.15) is 43.4 Å². The number of hydrogen-bond donors (Lipinski definition) is 1. The predicted molar refractivity (Wildman–Crippen MR) is 138 cm³/mol. The molecule has 8 nitrogen and oxygen atoms in total. The van der Waals surface area contributed by atoms with Gasteiger partial charge in [0.2, 0.25) is 0 Å². The van der Waals surface area contributed by atoms with E-state index >= 15 is 0 Å². The number of carbonyl (C=O) groups is 2. The molecule has 0 spiro atoms. The summed E-state index contributed by atoms with van der Waals surface area (Å²) in [5, 5.41) is 11.4. The lowest BCUT2D eigenvalue weighted by Crippen LogP contribution is -2.30. The zero-order chi connectivity index (χ0) is 25.8. The van der Waals surface area contributed by atoms with Crippen molar-refractivity contribution in [3.05, 3.63) is 83.6 Å². The van der Waals surface area contributed by atoms with E-state index in [0.29, 0.717) is 54.0 Å². The highest BCUT2D eigenvalue weighted by atomic mass is 16.6. The van der Waals surface area contributed by atoms with Crippen LogP contribution in [-0.4, -0.2) is 41.6 Å². The van der Waals surface area contributed by atoms with Crippen molar-refractivity contribution in [3.8, 4) is 17.2 Å². The molecule has 5 rings (SSSR count). The standard InChI is InChI=1S/C29H28N2O6/c1-2-3-6-15-35-21-11-8-19(9-12-21)26-25(28(33)29(34)31(26)24-7-4-5-14-30-24)27(32)20-10-13-22-23(18-20)37-17-16-36-22/h4-5,7-14,18,26,32H,2-3,6,15-17H2,1H3/b27-25+. The highest BCUT2D eigenvalue weighted by molar-refractivity contribution is 6.51. The largest absolute Gasteiger partial charge is 0.507 e. The molecule has 1 atom stereocenters. The molecular weight excluding hydrogens is 472 g/mol. The number of unbranched alkanes of at least 4 members (excludes halogenated alkanes) is 2. The Morgan fingerprint density at radius 2 is 1.81 bits per heavy atom. The summed E-state index contributed by atoms with van der Waals surface area (Å²) in [5.41, 5.74) is 0.970. The number of Topliss-reactive ketones (excluding diaryl/α,β-unsaturated/α-hetero) is 1. The van der Waals surface area contributed by atoms with Crippen molar-refractivity contribution < 1.29 is 28.9 Å². The molecular formula is C29H28N2O6. The summed E-state index contributed by atoms with van der Waals surface area (Å²) in [6.45, 7) is 3.57. The Kier molecular flexibility index (Phi) is 7.07. The molecule has 0 aliphatic carbocycles. The van der Waals surface area contributed by atoms with E-state index in [9.17, 15) is 14.7 Å². The third kappa shape index (κ3) is 4.87. The number of ketones is 1. The van der Waals surface area contributed by atoms with E-state index in [2.05, 4.69) is 11.9 Å². The SMILES string of the molecule is CCCCCOc1ccc(C2/C(=C(\O)c3ccc4c(c3)OCCO4)C(=O)C(=O)N2c2ccccn2)cc1. The van der Waals surface area contributed by atoms with Gasteiger partial charge in [0.05, 0.1) is 18.2 Å². The number of nitrogens with zero attached hydrogens (tertiary/aromatic N) is 2. The number of anilines is 1. The van der Waals surface area contributed by atoms with Gasteiger partial charge in [0.25, 0.3) is 5.78 Å². The average molecular weight is 501 g/mol. The zero-order valence-electron chi connectivity index (χ0n) is 20.6. The van der Waals surface area contributed by atoms with Crippen LogP contribution in [0.15, 0.2) is 72.4 Å². The lowest BCUT2D eigenvalue weighted by molar-refractivity contribution is -0.132. The molecule has 1 N–H and O–H groups in total. The van der Waals surface area contributed by atoms with Crippen LogP contribution in [0.25, 0.3) is 5.76 Å². The molecule has 37 heavy (non-hydrogen) atoms. The number of carbonyl (C=O) groups excluding carboxylic acids is 2. The molecule has 0 radical (unpaired) electrons. The molecule has 1 fully saturated rings. The number of ether oxygens (including phenoxy) is 3. The van der Waals surface area contributed by atoms with E-state index < -0.39 is 17.7 Å². The smallest absolute Gasteiger partial charge is 0.301 e. The highest BCUT2D eigenvalue weighted by Crippen LogP contribution is 2.43. The first-order chi connectivity index (χ1) is 18.1. The maximum atomic E-state index is 13.3. The number of amides is 1. The summed E-state index contributed by atoms with van der Waals surface area (Å²) in [7, 11) is 0. The zero-order valence-corrected chi connectivity index (χ0v) is 20.6. The van der Waals surface area contributed by atoms with Crippen LogP contribution in [0.2, 0.25) is 0 Å². The number of hydrogen-bond acceptors (Lipinski definition) is 7. The van der Waals surface area contributed by atoms with Crippen LogP contribution >= 0.6 is 0 Å². The minimum absolute atomic E-state index is 0.0241. The van der Waals surface area contributed by atoms with Gasteiger partial charge in [0.1, 0.15) is 30.5 Å². The number of aromatic nitrogens is 1. The van der Waals surface area contributed by atoms with Gasteiger partial charge in [-0.25, -0.2) is 4.98 Å². The van der Waals surface area contributed by atoms with Crippen molar-refractivity contribution in [1.82, 2.24) is 4.98 Å². The molecule has 1 unspecified atom stereocenters. The Morgan fingerprint density at radius 1 is 1.03 bits per heavy atom. The average Bonchev–Trinajstić information content (AvgIpc) is 3.21. The molecule has 3 heterocycles. The van der Waals surface area contributed by atoms with Crippen molar-refractivity contribution in [1.29, 1.82) is 0 Å². The third-order valence-electron chi connectivity index (χ3n) is 6.37. The summed E-state index contributed by atoms with van der Waals surface area (Å²) in [6, 6.07) is 16.4. The molecule has 2 aromatic carbocycles. The van der Waals surface area contributed by atoms with Gasteiger partial charge in [-0.15, -0.1) is 0 Å². The van der Waals surface area contributed by atoms with Crippen molar-refractivity contribution in [2.45, 2.75) is 32.2 Å². The molecule has 2 aliphatic rings. The number of aliphatic hydroxyl groups is 1. The van der Waals surface area contributed by atoms with E-state index in [0.717, 1.165) is 19.3 Å². The minimum Gasteiger partial charge on any atom is -0.507 e. The Morgan fingerprint density at radius 3 is 2.54 bits per heavy atom. The maximum Gasteiger partial charge on any atom is 0.301 e. The molecule has 190 valence electrons. The molecule has 0 saturated carbocycles. The first-order valence-electron chi connectivity index (χ1n) is 12.4. The van der Waals surface area contributed by atoms with Crippen molar-refractivity contribution in [2.75, 3.05) is 24.7 Å². The second-order valence-electron chi connectivity index (χ2n) is 8.84. The Hall–Kier alpha value is -4.33. The monoisotopic (exact) mass is 500 g/mol. The lowest BCUT2D eigenvalue weighted by atomic mass is 9.95. The van der Waals surface area contributed by atoms with E-state index in [1.807, 2.05) is 12.1 Å². The van der Waals surface area contributed by atoms with Crippen LogP contribution < -0.4 is 19.1 Å². The van der Waals surface area contributed by atoms with Gasteiger partial charge in [-0.2, -0.15) is 0 Å². The second-order valence-corrected chi connectivity index (χ2v) is 8.84. The van der Waals surface area contributed by atoms with E-state index in [1.165, 1.54) is 4.90 Å². The Balaban J connectivity index is 1.56. The molecule has 1 amide bonds. The van der Waals surface area contributed by atoms with Gasteiger partial charge in [-0.3, -0.25) is 14.5 Å². The molecule has 1 saturated heterocycles. The second kappa shape index (κ2) is 10.7. The highest BCUT2D eigenvalue weighted by Gasteiger charge is 2.47. The summed E-state index contributed by atoms with van der Waals surface area (Å²) < 4.78 is 17.0. The van der Waals surface area contributed by atoms with Crippen molar-refractivity contribution in [2.24, 2.45) is 0 Å². The Labute approximate surface area is 215 Å². The third-order valence-corrected chi connectivity index (χ3v) is 6.37. The lowest BCUT2D eigenvalue weighted by Gasteiger charge is -2.24. The van der Waals surface area contributed by atoms with E-state index in [4.69, 9.17) is 14.2 Å². The first-order valence-corrected chi connectivity index (χ1v) is 12.4. The van der Waals surface area contributed by atoms with Crippen LogP contribution in [0.5, 0.6) is 17.2 Å². The van der Waals surface area contributed by atoms with Crippen LogP contribution in [-0.2, 0) is 9.59 Å². The van der Waals surface area contributed by atoms with Crippen molar-refractivity contribution >= 4 is 23.3 Å². The molecule has 0 bridgehead atoms. The molecule has 8 heteroatoms. The van der Waals surface area contributed by atoms with Gasteiger partial charge < -0.3 is 19.3 Å². The fourth-order valence-corrected chi connectivity index (χ4v) is 4.52. The van der Waals surface area contributed by atoms with E-state index in [-0.39, 0.29) is 11.3 Å². The summed E-state index contributed by atoms with van der Waals surface area (Å²) >= 11 is 0. The summed E-state index contributed by atoms with van der Waals surface area (Å²) in [4.78, 5) is 32.2. The van der Waals surface area contributed by atoms with Crippen molar-refractivity contribution in [3.63, 3.8) is 0 Å². The predicted octanol–water partition coefficient (Wildman–Crippen LogP) is 5.05. The molecule has 3 aromatic rings. The van der Waals surface area contributed by atoms with Crippen LogP contribution in [0, 0.1) is 0 Å². The fraction of sp³-hybridized carbons (Fsp3) is 0.276. The Bertz CT molecular complexity index is 1320. The minimum atomic E-state index is -0.878. The maximum absolute atomic E-state index is 13.3. The summed E-state index contributed by atoms with van der Waals surface area (Å²) in [5.74, 6) is 0.194. The van der Waals surface area contributed by atoms with Crippen LogP contribution in [0.3, 0.4) is 0 Å². The van der Waals surface area contributed by atoms with Gasteiger partial charge in [-0.05, 0) is 54.4 Å². The fourth-order valence-electron chi connectivity index (χ4n) is 4.52. The molecule has 2 aliphatic heterocycles. The first kappa shape index (κ1) is 24.4. The molecule has 1 aromatic heterocycles. The number of aliphatic hydroxyl groups excluding tert-OH is 1. The number of benzene rings is 2. The summed E-state index contributed by atoms with van der Waals surface area (Å²) in [6.07, 6.45) is 4.72. The van der Waals surface area contributed by atoms with Crippen LogP contribution in [0.4, 0.5) is 5.82 Å². The number of pyridine rings is 1. The van der Waals surface area contributed by atoms with Gasteiger partial charge in [0.15, 0.2) is 11.5 Å². The van der Waals surface area contributed by atoms with E-state index in [1.54, 1.807) is 54.7 Å². The number of fused-ring (bicyclic) bond motifs is 1. The van der Waals surface area contributed by atoms with Gasteiger partial charge in [-0.1, -0.05) is 38.0 Å². The normalized spacial score (nSPS) is 18.2. The topological polar surface area (TPSA) is 98.2 Å². The van der Waals surface area contributed by atoms with Gasteiger partial charge >= 0.3 is 5.91 Å². The quantitative estimate of drug-likeness (QED) is 0.200.